The van der Waals surface area contributed by atoms with E-state index in [1.807, 2.05) is 31.2 Å². The molecule has 0 bridgehead atoms. The maximum atomic E-state index is 12.3. The van der Waals surface area contributed by atoms with Gasteiger partial charge < -0.3 is 14.2 Å². The molecule has 0 aromatic heterocycles. The Morgan fingerprint density at radius 1 is 0.848 bits per heavy atom. The summed E-state index contributed by atoms with van der Waals surface area (Å²) >= 11 is 0. The van der Waals surface area contributed by atoms with E-state index < -0.39 is 0 Å². The number of benzene rings is 4. The fourth-order valence-corrected chi connectivity index (χ4v) is 3.94. The maximum Gasteiger partial charge on any atom is 0.331 e. The summed E-state index contributed by atoms with van der Waals surface area (Å²) < 4.78 is 15.7. The van der Waals surface area contributed by atoms with Crippen LogP contribution in [0.15, 0.2) is 84.9 Å². The van der Waals surface area contributed by atoms with E-state index in [4.69, 9.17) is 14.2 Å². The van der Waals surface area contributed by atoms with E-state index in [1.165, 1.54) is 10.9 Å². The fourth-order valence-electron chi connectivity index (χ4n) is 3.94. The average molecular weight is 441 g/mol. The van der Waals surface area contributed by atoms with Crippen LogP contribution in [0.1, 0.15) is 24.5 Å². The Bertz CT molecular complexity index is 1290. The summed E-state index contributed by atoms with van der Waals surface area (Å²) in [5, 5.41) is 4.60. The predicted molar refractivity (Wildman–Crippen MR) is 133 cm³/mol. The number of methoxy groups -OCH3 is 1. The molecule has 0 atom stereocenters. The molecule has 4 aromatic carbocycles. The van der Waals surface area contributed by atoms with Crippen LogP contribution in [0.2, 0.25) is 0 Å². The number of allylic oxidation sites excluding steroid dienone is 1. The predicted octanol–water partition coefficient (Wildman–Crippen LogP) is 6.56. The molecule has 0 N–H and O–H groups in total. The first-order valence-corrected chi connectivity index (χ1v) is 11.2. The monoisotopic (exact) mass is 440 g/mol. The SMILES string of the molecule is CCOC(=O)C=C(CCc1ccc2cc(OCOC)ccc2c1)c1ccc2ccccc2c1. The van der Waals surface area contributed by atoms with Crippen molar-refractivity contribution >= 4 is 33.1 Å². The van der Waals surface area contributed by atoms with E-state index in [-0.39, 0.29) is 12.8 Å². The smallest absolute Gasteiger partial charge is 0.331 e. The van der Waals surface area contributed by atoms with E-state index in [9.17, 15) is 4.79 Å². The highest BCUT2D eigenvalue weighted by atomic mass is 16.7. The van der Waals surface area contributed by atoms with Crippen LogP contribution >= 0.6 is 0 Å². The zero-order chi connectivity index (χ0) is 23.0. The molecular formula is C29H28O4. The average Bonchev–Trinajstić information content (AvgIpc) is 2.85. The van der Waals surface area contributed by atoms with Gasteiger partial charge in [-0.25, -0.2) is 4.79 Å². The van der Waals surface area contributed by atoms with Gasteiger partial charge in [-0.2, -0.15) is 0 Å². The normalized spacial score (nSPS) is 11.6. The molecule has 0 aliphatic rings. The van der Waals surface area contributed by atoms with Gasteiger partial charge in [-0.1, -0.05) is 60.7 Å². The molecule has 4 nitrogen and oxygen atoms in total. The molecule has 0 radical (unpaired) electrons. The minimum Gasteiger partial charge on any atom is -0.468 e. The third-order valence-corrected chi connectivity index (χ3v) is 5.60. The lowest BCUT2D eigenvalue weighted by Gasteiger charge is -2.11. The van der Waals surface area contributed by atoms with Crippen LogP contribution in [0.4, 0.5) is 0 Å². The fraction of sp³-hybridized carbons (Fsp3) is 0.207. The second-order valence-corrected chi connectivity index (χ2v) is 7.88. The van der Waals surface area contributed by atoms with Crippen LogP contribution in [0, 0.1) is 0 Å². The van der Waals surface area contributed by atoms with Gasteiger partial charge >= 0.3 is 5.97 Å². The molecule has 4 aromatic rings. The minimum absolute atomic E-state index is 0.230. The summed E-state index contributed by atoms with van der Waals surface area (Å²) in [7, 11) is 1.61. The highest BCUT2D eigenvalue weighted by molar-refractivity contribution is 5.94. The summed E-state index contributed by atoms with van der Waals surface area (Å²) in [5.74, 6) is 0.482. The van der Waals surface area contributed by atoms with Crippen molar-refractivity contribution in [1.29, 1.82) is 0 Å². The number of fused-ring (bicyclic) bond motifs is 2. The maximum absolute atomic E-state index is 12.3. The molecule has 0 aliphatic carbocycles. The molecule has 168 valence electrons. The van der Waals surface area contributed by atoms with E-state index in [2.05, 4.69) is 54.6 Å². The molecule has 0 unspecified atom stereocenters. The molecule has 0 amide bonds. The second-order valence-electron chi connectivity index (χ2n) is 7.88. The van der Waals surface area contributed by atoms with Gasteiger partial charge in [0.15, 0.2) is 6.79 Å². The minimum atomic E-state index is -0.303. The van der Waals surface area contributed by atoms with Gasteiger partial charge in [-0.05, 0) is 76.2 Å². The largest absolute Gasteiger partial charge is 0.468 e. The molecule has 0 spiro atoms. The Labute approximate surface area is 194 Å². The highest BCUT2D eigenvalue weighted by Crippen LogP contribution is 2.27. The van der Waals surface area contributed by atoms with Crippen molar-refractivity contribution in [2.45, 2.75) is 19.8 Å². The number of rotatable bonds is 9. The second kappa shape index (κ2) is 10.8. The Kier molecular flexibility index (Phi) is 7.38. The van der Waals surface area contributed by atoms with Crippen LogP contribution in [-0.4, -0.2) is 26.5 Å². The van der Waals surface area contributed by atoms with Crippen LogP contribution in [0.25, 0.3) is 27.1 Å². The van der Waals surface area contributed by atoms with Crippen molar-refractivity contribution < 1.29 is 19.0 Å². The van der Waals surface area contributed by atoms with Crippen molar-refractivity contribution in [2.75, 3.05) is 20.5 Å². The Balaban J connectivity index is 1.57. The third-order valence-electron chi connectivity index (χ3n) is 5.60. The quantitative estimate of drug-likeness (QED) is 0.168. The zero-order valence-corrected chi connectivity index (χ0v) is 19.0. The van der Waals surface area contributed by atoms with E-state index >= 15 is 0 Å². The Hall–Kier alpha value is -3.63. The summed E-state index contributed by atoms with van der Waals surface area (Å²) in [6.45, 7) is 2.41. The van der Waals surface area contributed by atoms with E-state index in [1.54, 1.807) is 13.2 Å². The first-order chi connectivity index (χ1) is 16.2. The lowest BCUT2D eigenvalue weighted by Crippen LogP contribution is -2.02. The Morgan fingerprint density at radius 2 is 1.58 bits per heavy atom. The molecular weight excluding hydrogens is 412 g/mol. The van der Waals surface area contributed by atoms with E-state index in [0.29, 0.717) is 6.61 Å². The van der Waals surface area contributed by atoms with Gasteiger partial charge in [0.1, 0.15) is 5.75 Å². The lowest BCUT2D eigenvalue weighted by molar-refractivity contribution is -0.137. The molecule has 33 heavy (non-hydrogen) atoms. The van der Waals surface area contributed by atoms with Crippen LogP contribution in [0.3, 0.4) is 0 Å². The highest BCUT2D eigenvalue weighted by Gasteiger charge is 2.09. The molecule has 0 aliphatic heterocycles. The summed E-state index contributed by atoms with van der Waals surface area (Å²) in [6.07, 6.45) is 3.18. The van der Waals surface area contributed by atoms with Crippen molar-refractivity contribution in [1.82, 2.24) is 0 Å². The third kappa shape index (κ3) is 5.79. The van der Waals surface area contributed by atoms with E-state index in [0.717, 1.165) is 45.9 Å². The van der Waals surface area contributed by atoms with Gasteiger partial charge in [0.2, 0.25) is 0 Å². The van der Waals surface area contributed by atoms with Crippen LogP contribution < -0.4 is 4.74 Å². The number of esters is 1. The van der Waals surface area contributed by atoms with Gasteiger partial charge in [-0.3, -0.25) is 0 Å². The van der Waals surface area contributed by atoms with Gasteiger partial charge in [0, 0.05) is 13.2 Å². The summed E-state index contributed by atoms with van der Waals surface area (Å²) in [5.41, 5.74) is 3.23. The van der Waals surface area contributed by atoms with Gasteiger partial charge in [-0.15, -0.1) is 0 Å². The number of hydrogen-bond donors (Lipinski definition) is 0. The van der Waals surface area contributed by atoms with Gasteiger partial charge in [0.05, 0.1) is 6.61 Å². The van der Waals surface area contributed by atoms with Crippen LogP contribution in [-0.2, 0) is 20.7 Å². The molecule has 0 saturated heterocycles. The van der Waals surface area contributed by atoms with Crippen molar-refractivity contribution in [3.63, 3.8) is 0 Å². The molecule has 0 saturated carbocycles. The molecule has 4 heteroatoms. The number of ether oxygens (including phenoxy) is 3. The van der Waals surface area contributed by atoms with Gasteiger partial charge in [0.25, 0.3) is 0 Å². The number of carbonyl (C=O) groups excluding carboxylic acids is 1. The first-order valence-electron chi connectivity index (χ1n) is 11.2. The van der Waals surface area contributed by atoms with Crippen molar-refractivity contribution in [3.8, 4) is 5.75 Å². The standard InChI is InChI=1S/C29H28O4/c1-3-32-29(30)19-27(25-13-12-22-6-4-5-7-23(22)17-25)11-9-21-8-10-26-18-28(33-20-31-2)15-14-24(26)16-21/h4-8,10,12-19H,3,9,11,20H2,1-2H3. The Morgan fingerprint density at radius 3 is 2.39 bits per heavy atom. The topological polar surface area (TPSA) is 44.8 Å². The first kappa shape index (κ1) is 22.6. The lowest BCUT2D eigenvalue weighted by atomic mass is 9.95. The number of aryl methyl sites for hydroxylation is 1. The zero-order valence-electron chi connectivity index (χ0n) is 19.0. The van der Waals surface area contributed by atoms with Crippen LogP contribution in [0.5, 0.6) is 5.75 Å². The van der Waals surface area contributed by atoms with Crippen molar-refractivity contribution in [2.24, 2.45) is 0 Å². The molecule has 4 rings (SSSR count). The molecule has 0 fully saturated rings. The number of carbonyl (C=O) groups is 1. The summed E-state index contributed by atoms with van der Waals surface area (Å²) in [4.78, 5) is 12.3. The number of hydrogen-bond acceptors (Lipinski definition) is 4. The van der Waals surface area contributed by atoms with Crippen molar-refractivity contribution in [3.05, 3.63) is 96.1 Å². The summed E-state index contributed by atoms with van der Waals surface area (Å²) in [6, 6.07) is 27.0. The molecule has 0 heterocycles.